The molecule has 2 aromatic carbocycles. The van der Waals surface area contributed by atoms with Gasteiger partial charge in [0.2, 0.25) is 21.8 Å². The summed E-state index contributed by atoms with van der Waals surface area (Å²) in [6, 6.07) is 12.2. The number of sulfonamides is 1. The third kappa shape index (κ3) is 4.81. The number of benzene rings is 2. The van der Waals surface area contributed by atoms with Crippen molar-refractivity contribution in [3.63, 3.8) is 0 Å². The Hall–Kier alpha value is -2.91. The van der Waals surface area contributed by atoms with Gasteiger partial charge in [0.25, 0.3) is 0 Å². The highest BCUT2D eigenvalue weighted by Gasteiger charge is 2.34. The van der Waals surface area contributed by atoms with Crippen molar-refractivity contribution in [2.45, 2.75) is 51.0 Å². The summed E-state index contributed by atoms with van der Waals surface area (Å²) in [4.78, 5) is 26.6. The summed E-state index contributed by atoms with van der Waals surface area (Å²) in [6.45, 7) is 6.54. The van der Waals surface area contributed by atoms with Crippen LogP contribution in [0.4, 0.5) is 11.4 Å². The standard InChI is InChI=1S/C25H31N3O5S/c1-4-33-22-7-5-21(6-8-22)26-25(30)19-11-13-27(14-12-19)34(31,32)23-9-10-24-20(16-23)15-17(2)28(24)18(3)29/h5-10,16-17,19H,4,11-15H2,1-3H3,(H,26,30)/t17-/m1/s1. The van der Waals surface area contributed by atoms with E-state index >= 15 is 0 Å². The zero-order valence-electron chi connectivity index (χ0n) is 19.8. The van der Waals surface area contributed by atoms with E-state index in [2.05, 4.69) is 5.32 Å². The molecule has 0 bridgehead atoms. The Morgan fingerprint density at radius 3 is 2.38 bits per heavy atom. The lowest BCUT2D eigenvalue weighted by molar-refractivity contribution is -0.121. The molecule has 4 rings (SSSR count). The second-order valence-electron chi connectivity index (χ2n) is 8.86. The summed E-state index contributed by atoms with van der Waals surface area (Å²) >= 11 is 0. The lowest BCUT2D eigenvalue weighted by Crippen LogP contribution is -2.41. The van der Waals surface area contributed by atoms with E-state index in [-0.39, 0.29) is 41.8 Å². The SMILES string of the molecule is CCOc1ccc(NC(=O)C2CCN(S(=O)(=O)c3ccc4c(c3)C[C@@H](C)N4C(C)=O)CC2)cc1. The topological polar surface area (TPSA) is 96.0 Å². The molecule has 0 aliphatic carbocycles. The minimum absolute atomic E-state index is 0.00934. The van der Waals surface area contributed by atoms with Crippen LogP contribution in [0, 0.1) is 5.92 Å². The molecule has 182 valence electrons. The summed E-state index contributed by atoms with van der Waals surface area (Å²) < 4.78 is 33.4. The van der Waals surface area contributed by atoms with Crippen LogP contribution in [-0.4, -0.2) is 50.3 Å². The van der Waals surface area contributed by atoms with Crippen molar-refractivity contribution in [1.29, 1.82) is 0 Å². The van der Waals surface area contributed by atoms with Gasteiger partial charge in [-0.05, 0) is 81.1 Å². The van der Waals surface area contributed by atoms with Crippen molar-refractivity contribution in [1.82, 2.24) is 4.31 Å². The number of rotatable bonds is 6. The van der Waals surface area contributed by atoms with E-state index in [1.165, 1.54) is 11.2 Å². The van der Waals surface area contributed by atoms with Crippen molar-refractivity contribution >= 4 is 33.2 Å². The maximum Gasteiger partial charge on any atom is 0.243 e. The number of carbonyl (C=O) groups excluding carboxylic acids is 2. The largest absolute Gasteiger partial charge is 0.494 e. The van der Waals surface area contributed by atoms with Crippen molar-refractivity contribution in [3.05, 3.63) is 48.0 Å². The molecule has 2 aliphatic heterocycles. The van der Waals surface area contributed by atoms with Crippen LogP contribution in [0.2, 0.25) is 0 Å². The molecule has 0 unspecified atom stereocenters. The molecule has 0 saturated carbocycles. The van der Waals surface area contributed by atoms with Gasteiger partial charge in [-0.15, -0.1) is 0 Å². The molecule has 0 spiro atoms. The van der Waals surface area contributed by atoms with E-state index in [1.807, 2.05) is 13.8 Å². The Labute approximate surface area is 200 Å². The lowest BCUT2D eigenvalue weighted by atomic mass is 9.97. The van der Waals surface area contributed by atoms with Crippen LogP contribution < -0.4 is 15.0 Å². The van der Waals surface area contributed by atoms with Crippen LogP contribution in [0.15, 0.2) is 47.4 Å². The first kappa shape index (κ1) is 24.2. The number of fused-ring (bicyclic) bond motifs is 1. The number of nitrogens with one attached hydrogen (secondary N) is 1. The molecule has 2 aliphatic rings. The first-order chi connectivity index (χ1) is 16.2. The third-order valence-electron chi connectivity index (χ3n) is 6.50. The second kappa shape index (κ2) is 9.76. The maximum absolute atomic E-state index is 13.3. The van der Waals surface area contributed by atoms with Crippen LogP contribution in [0.5, 0.6) is 5.75 Å². The van der Waals surface area contributed by atoms with E-state index in [9.17, 15) is 18.0 Å². The Balaban J connectivity index is 1.38. The monoisotopic (exact) mass is 485 g/mol. The van der Waals surface area contributed by atoms with Gasteiger partial charge in [-0.3, -0.25) is 9.59 Å². The molecule has 8 nitrogen and oxygen atoms in total. The lowest BCUT2D eigenvalue weighted by Gasteiger charge is -2.30. The van der Waals surface area contributed by atoms with E-state index in [1.54, 1.807) is 47.4 Å². The molecule has 1 N–H and O–H groups in total. The number of nitrogens with zero attached hydrogens (tertiary/aromatic N) is 2. The molecule has 2 heterocycles. The van der Waals surface area contributed by atoms with E-state index in [4.69, 9.17) is 4.74 Å². The van der Waals surface area contributed by atoms with Gasteiger partial charge in [-0.2, -0.15) is 4.31 Å². The third-order valence-corrected chi connectivity index (χ3v) is 8.40. The van der Waals surface area contributed by atoms with Crippen LogP contribution in [0.3, 0.4) is 0 Å². The predicted molar refractivity (Wildman–Crippen MR) is 130 cm³/mol. The first-order valence-electron chi connectivity index (χ1n) is 11.7. The Bertz CT molecular complexity index is 1170. The van der Waals surface area contributed by atoms with Gasteiger partial charge in [0, 0.05) is 43.3 Å². The number of carbonyl (C=O) groups is 2. The second-order valence-corrected chi connectivity index (χ2v) is 10.8. The summed E-state index contributed by atoms with van der Waals surface area (Å²) in [7, 11) is -3.67. The molecule has 2 aromatic rings. The number of piperidine rings is 1. The zero-order chi connectivity index (χ0) is 24.5. The predicted octanol–water partition coefficient (Wildman–Crippen LogP) is 3.42. The van der Waals surface area contributed by atoms with Crippen LogP contribution >= 0.6 is 0 Å². The van der Waals surface area contributed by atoms with Gasteiger partial charge < -0.3 is 15.0 Å². The highest BCUT2D eigenvalue weighted by molar-refractivity contribution is 7.89. The number of amides is 2. The van der Waals surface area contributed by atoms with E-state index in [0.29, 0.717) is 31.6 Å². The molecule has 1 saturated heterocycles. The van der Waals surface area contributed by atoms with Gasteiger partial charge in [0.15, 0.2) is 0 Å². The van der Waals surface area contributed by atoms with Gasteiger partial charge >= 0.3 is 0 Å². The molecule has 2 amide bonds. The summed E-state index contributed by atoms with van der Waals surface area (Å²) in [6.07, 6.45) is 1.55. The summed E-state index contributed by atoms with van der Waals surface area (Å²) in [5.41, 5.74) is 2.34. The normalized spacial score (nSPS) is 19.0. The van der Waals surface area contributed by atoms with Crippen LogP contribution in [0.1, 0.15) is 39.2 Å². The smallest absolute Gasteiger partial charge is 0.243 e. The highest BCUT2D eigenvalue weighted by Crippen LogP contribution is 2.35. The molecule has 1 fully saturated rings. The minimum Gasteiger partial charge on any atom is -0.494 e. The Kier molecular flexibility index (Phi) is 6.95. The van der Waals surface area contributed by atoms with E-state index in [0.717, 1.165) is 17.0 Å². The van der Waals surface area contributed by atoms with Gasteiger partial charge in [0.1, 0.15) is 5.75 Å². The molecule has 1 atom stereocenters. The van der Waals surface area contributed by atoms with Gasteiger partial charge in [-0.1, -0.05) is 0 Å². The van der Waals surface area contributed by atoms with Crippen LogP contribution in [-0.2, 0) is 26.0 Å². The molecule has 34 heavy (non-hydrogen) atoms. The van der Waals surface area contributed by atoms with Gasteiger partial charge in [0.05, 0.1) is 11.5 Å². The zero-order valence-corrected chi connectivity index (χ0v) is 20.6. The Morgan fingerprint density at radius 2 is 1.76 bits per heavy atom. The average Bonchev–Trinajstić information content (AvgIpc) is 3.15. The number of ether oxygens (including phenoxy) is 1. The fraction of sp³-hybridized carbons (Fsp3) is 0.440. The molecule has 0 radical (unpaired) electrons. The minimum atomic E-state index is -3.67. The fourth-order valence-corrected chi connectivity index (χ4v) is 6.32. The number of hydrogen-bond acceptors (Lipinski definition) is 5. The van der Waals surface area contributed by atoms with Crippen LogP contribution in [0.25, 0.3) is 0 Å². The van der Waals surface area contributed by atoms with Crippen molar-refractivity contribution < 1.29 is 22.7 Å². The van der Waals surface area contributed by atoms with Crippen molar-refractivity contribution in [3.8, 4) is 5.75 Å². The van der Waals surface area contributed by atoms with Crippen molar-refractivity contribution in [2.24, 2.45) is 5.92 Å². The number of anilines is 2. The van der Waals surface area contributed by atoms with E-state index < -0.39 is 10.0 Å². The fourth-order valence-electron chi connectivity index (χ4n) is 4.80. The molecule has 9 heteroatoms. The molecule has 0 aromatic heterocycles. The Morgan fingerprint density at radius 1 is 1.09 bits per heavy atom. The average molecular weight is 486 g/mol. The van der Waals surface area contributed by atoms with Crippen molar-refractivity contribution in [2.75, 3.05) is 29.9 Å². The quantitative estimate of drug-likeness (QED) is 0.676. The summed E-state index contributed by atoms with van der Waals surface area (Å²) in [5.74, 6) is 0.349. The first-order valence-corrected chi connectivity index (χ1v) is 13.1. The van der Waals surface area contributed by atoms with Gasteiger partial charge in [-0.25, -0.2) is 8.42 Å². The molecular weight excluding hydrogens is 454 g/mol. The highest BCUT2D eigenvalue weighted by atomic mass is 32.2. The maximum atomic E-state index is 13.3. The number of hydrogen-bond donors (Lipinski definition) is 1. The summed E-state index contributed by atoms with van der Waals surface area (Å²) in [5, 5.41) is 2.92. The molecular formula is C25H31N3O5S.